The molecular formula is C26H23F2N5O2. The Hall–Kier alpha value is -4.14. The molecule has 35 heavy (non-hydrogen) atoms. The maximum atomic E-state index is 13.6. The van der Waals surface area contributed by atoms with Gasteiger partial charge in [0.05, 0.1) is 29.5 Å². The second kappa shape index (κ2) is 9.61. The van der Waals surface area contributed by atoms with Gasteiger partial charge >= 0.3 is 0 Å². The molecule has 0 spiro atoms. The van der Waals surface area contributed by atoms with Crippen LogP contribution in [0.15, 0.2) is 79.3 Å². The van der Waals surface area contributed by atoms with Gasteiger partial charge in [0, 0.05) is 32.1 Å². The summed E-state index contributed by atoms with van der Waals surface area (Å²) in [5, 5.41) is 4.49. The Morgan fingerprint density at radius 1 is 1.00 bits per heavy atom. The summed E-state index contributed by atoms with van der Waals surface area (Å²) in [6.45, 7) is 0.405. The van der Waals surface area contributed by atoms with E-state index in [0.717, 1.165) is 5.56 Å². The van der Waals surface area contributed by atoms with E-state index in [2.05, 4.69) is 15.1 Å². The zero-order valence-corrected chi connectivity index (χ0v) is 18.8. The van der Waals surface area contributed by atoms with Crippen LogP contribution >= 0.6 is 0 Å². The van der Waals surface area contributed by atoms with Crippen molar-refractivity contribution in [2.75, 3.05) is 13.1 Å². The molecule has 1 fully saturated rings. The van der Waals surface area contributed by atoms with E-state index in [-0.39, 0.29) is 37.5 Å². The summed E-state index contributed by atoms with van der Waals surface area (Å²) in [5.74, 6) is -2.51. The van der Waals surface area contributed by atoms with Gasteiger partial charge in [0.1, 0.15) is 12.4 Å². The van der Waals surface area contributed by atoms with Crippen LogP contribution in [-0.2, 0) is 6.61 Å². The molecule has 1 aromatic carbocycles. The molecule has 4 aromatic rings. The molecule has 1 amide bonds. The van der Waals surface area contributed by atoms with Crippen molar-refractivity contribution >= 4 is 5.91 Å². The number of ether oxygens (including phenoxy) is 1. The zero-order chi connectivity index (χ0) is 24.3. The van der Waals surface area contributed by atoms with Crippen LogP contribution in [-0.4, -0.2) is 49.6 Å². The van der Waals surface area contributed by atoms with Crippen molar-refractivity contribution in [1.82, 2.24) is 24.6 Å². The Morgan fingerprint density at radius 3 is 2.49 bits per heavy atom. The zero-order valence-electron chi connectivity index (χ0n) is 18.8. The lowest BCUT2D eigenvalue weighted by molar-refractivity contribution is -0.0495. The third kappa shape index (κ3) is 5.18. The van der Waals surface area contributed by atoms with E-state index in [4.69, 9.17) is 4.74 Å². The van der Waals surface area contributed by atoms with E-state index in [1.807, 2.05) is 36.4 Å². The number of carbonyl (C=O) groups excluding carboxylic acids is 1. The number of halogens is 2. The van der Waals surface area contributed by atoms with E-state index >= 15 is 0 Å². The molecule has 5 rings (SSSR count). The molecule has 0 atom stereocenters. The standard InChI is InChI=1S/C26H23F2N5O2/c27-26(28)10-13-32(14-11-26)25(34)23-15-24(33(31-23)20-7-4-12-29-16-20)22-9-8-21(17-30-22)35-18-19-5-2-1-3-6-19/h1-9,12,15-17H,10-11,13-14,18H2. The first-order chi connectivity index (χ1) is 17.0. The molecule has 3 aromatic heterocycles. The van der Waals surface area contributed by atoms with Crippen molar-refractivity contribution in [3.8, 4) is 22.8 Å². The number of aromatic nitrogens is 4. The van der Waals surface area contributed by atoms with Crippen molar-refractivity contribution < 1.29 is 18.3 Å². The number of pyridine rings is 2. The molecule has 1 aliphatic rings. The number of benzene rings is 1. The van der Waals surface area contributed by atoms with E-state index in [9.17, 15) is 13.6 Å². The molecular weight excluding hydrogens is 452 g/mol. The summed E-state index contributed by atoms with van der Waals surface area (Å²) < 4.78 is 34.5. The third-order valence-electron chi connectivity index (χ3n) is 5.85. The topological polar surface area (TPSA) is 73.1 Å². The maximum absolute atomic E-state index is 13.6. The number of nitrogens with zero attached hydrogens (tertiary/aromatic N) is 5. The van der Waals surface area contributed by atoms with Crippen LogP contribution < -0.4 is 4.74 Å². The van der Waals surface area contributed by atoms with E-state index < -0.39 is 5.92 Å². The van der Waals surface area contributed by atoms with Gasteiger partial charge in [0.15, 0.2) is 5.69 Å². The fourth-order valence-electron chi connectivity index (χ4n) is 3.90. The van der Waals surface area contributed by atoms with Crippen molar-refractivity contribution in [1.29, 1.82) is 0 Å². The van der Waals surface area contributed by atoms with Crippen LogP contribution in [0.3, 0.4) is 0 Å². The smallest absolute Gasteiger partial charge is 0.274 e. The summed E-state index contributed by atoms with van der Waals surface area (Å²) in [4.78, 5) is 23.1. The largest absolute Gasteiger partial charge is 0.487 e. The van der Waals surface area contributed by atoms with Gasteiger partial charge < -0.3 is 9.64 Å². The highest BCUT2D eigenvalue weighted by atomic mass is 19.3. The summed E-state index contributed by atoms with van der Waals surface area (Å²) in [6, 6.07) is 18.6. The maximum Gasteiger partial charge on any atom is 0.274 e. The molecule has 0 aliphatic carbocycles. The average molecular weight is 475 g/mol. The van der Waals surface area contributed by atoms with Crippen LogP contribution in [0.4, 0.5) is 8.78 Å². The van der Waals surface area contributed by atoms with Gasteiger partial charge in [-0.1, -0.05) is 30.3 Å². The predicted octanol–water partition coefficient (Wildman–Crippen LogP) is 4.78. The van der Waals surface area contributed by atoms with Gasteiger partial charge in [-0.3, -0.25) is 14.8 Å². The van der Waals surface area contributed by atoms with Gasteiger partial charge in [-0.25, -0.2) is 13.5 Å². The lowest BCUT2D eigenvalue weighted by Gasteiger charge is -2.31. The van der Waals surface area contributed by atoms with Crippen LogP contribution in [0.25, 0.3) is 17.1 Å². The van der Waals surface area contributed by atoms with Crippen molar-refractivity contribution in [2.24, 2.45) is 0 Å². The molecule has 0 unspecified atom stereocenters. The van der Waals surface area contributed by atoms with Gasteiger partial charge in [-0.15, -0.1) is 0 Å². The van der Waals surface area contributed by atoms with Crippen LogP contribution in [0, 0.1) is 0 Å². The number of hydrogen-bond donors (Lipinski definition) is 0. The number of likely N-dealkylation sites (tertiary alicyclic amines) is 1. The number of amides is 1. The Balaban J connectivity index is 1.40. The molecule has 0 saturated carbocycles. The molecule has 0 N–H and O–H groups in total. The number of rotatable bonds is 6. The summed E-state index contributed by atoms with van der Waals surface area (Å²) >= 11 is 0. The van der Waals surface area contributed by atoms with Gasteiger partial charge in [-0.05, 0) is 35.9 Å². The lowest BCUT2D eigenvalue weighted by atomic mass is 10.1. The first-order valence-corrected chi connectivity index (χ1v) is 11.3. The minimum Gasteiger partial charge on any atom is -0.487 e. The van der Waals surface area contributed by atoms with E-state index in [0.29, 0.717) is 29.4 Å². The number of alkyl halides is 2. The highest BCUT2D eigenvalue weighted by Gasteiger charge is 2.36. The Labute approximate surface area is 201 Å². The molecule has 7 nitrogen and oxygen atoms in total. The average Bonchev–Trinajstić information content (AvgIpc) is 3.34. The van der Waals surface area contributed by atoms with Gasteiger partial charge in [0.25, 0.3) is 11.8 Å². The summed E-state index contributed by atoms with van der Waals surface area (Å²) in [6.07, 6.45) is 4.20. The minimum absolute atomic E-state index is 0.00732. The Bertz CT molecular complexity index is 1280. The normalized spacial score (nSPS) is 15.1. The molecule has 0 bridgehead atoms. The lowest BCUT2D eigenvalue weighted by Crippen LogP contribution is -2.42. The highest BCUT2D eigenvalue weighted by Crippen LogP contribution is 2.29. The van der Waals surface area contributed by atoms with E-state index in [1.54, 1.807) is 47.5 Å². The molecule has 178 valence electrons. The fourth-order valence-corrected chi connectivity index (χ4v) is 3.90. The van der Waals surface area contributed by atoms with Crippen molar-refractivity contribution in [3.63, 3.8) is 0 Å². The highest BCUT2D eigenvalue weighted by molar-refractivity contribution is 5.93. The van der Waals surface area contributed by atoms with Crippen molar-refractivity contribution in [3.05, 3.63) is 90.5 Å². The minimum atomic E-state index is -2.73. The number of hydrogen-bond acceptors (Lipinski definition) is 5. The Kier molecular flexibility index (Phi) is 6.22. The second-order valence-corrected chi connectivity index (χ2v) is 8.34. The second-order valence-electron chi connectivity index (χ2n) is 8.34. The van der Waals surface area contributed by atoms with Crippen LogP contribution in [0.2, 0.25) is 0 Å². The quantitative estimate of drug-likeness (QED) is 0.401. The first kappa shape index (κ1) is 22.6. The SMILES string of the molecule is O=C(c1cc(-c2ccc(OCc3ccccc3)cn2)n(-c2cccnc2)n1)N1CCC(F)(F)CC1. The molecule has 0 radical (unpaired) electrons. The summed E-state index contributed by atoms with van der Waals surface area (Å²) in [5.41, 5.74) is 3.03. The number of carbonyl (C=O) groups is 1. The van der Waals surface area contributed by atoms with Crippen LogP contribution in [0.5, 0.6) is 5.75 Å². The molecule has 1 aliphatic heterocycles. The predicted molar refractivity (Wildman–Crippen MR) is 125 cm³/mol. The molecule has 1 saturated heterocycles. The van der Waals surface area contributed by atoms with E-state index in [1.165, 1.54) is 4.90 Å². The Morgan fingerprint density at radius 2 is 1.80 bits per heavy atom. The molecule has 4 heterocycles. The fraction of sp³-hybridized carbons (Fsp3) is 0.231. The summed E-state index contributed by atoms with van der Waals surface area (Å²) in [7, 11) is 0. The van der Waals surface area contributed by atoms with Crippen LogP contribution in [0.1, 0.15) is 28.9 Å². The third-order valence-corrected chi connectivity index (χ3v) is 5.85. The molecule has 9 heteroatoms. The van der Waals surface area contributed by atoms with Gasteiger partial charge in [0.2, 0.25) is 0 Å². The number of piperidine rings is 1. The monoisotopic (exact) mass is 475 g/mol. The van der Waals surface area contributed by atoms with Gasteiger partial charge in [-0.2, -0.15) is 5.10 Å². The van der Waals surface area contributed by atoms with Crippen molar-refractivity contribution in [2.45, 2.75) is 25.4 Å². The first-order valence-electron chi connectivity index (χ1n) is 11.3.